The lowest BCUT2D eigenvalue weighted by Gasteiger charge is -1.98. The van der Waals surface area contributed by atoms with Gasteiger partial charge in [-0.1, -0.05) is 6.58 Å². The summed E-state index contributed by atoms with van der Waals surface area (Å²) in [4.78, 5) is 0. The fourth-order valence-corrected chi connectivity index (χ4v) is 0. The molecule has 36 valence electrons. The summed E-state index contributed by atoms with van der Waals surface area (Å²) in [7, 11) is 0. The molecule has 0 rings (SSSR count). The van der Waals surface area contributed by atoms with Crippen molar-refractivity contribution >= 4 is 0 Å². The van der Waals surface area contributed by atoms with Gasteiger partial charge in [-0.05, 0) is 6.92 Å². The average Bonchev–Trinajstić information content (AvgIpc) is 1.36. The summed E-state index contributed by atoms with van der Waals surface area (Å²) < 4.78 is 0. The zero-order chi connectivity index (χ0) is 5.15. The van der Waals surface area contributed by atoms with E-state index in [1.807, 2.05) is 0 Å². The lowest BCUT2D eigenvalue weighted by Crippen LogP contribution is -2.22. The van der Waals surface area contributed by atoms with Gasteiger partial charge in [0, 0.05) is 11.7 Å². The van der Waals surface area contributed by atoms with E-state index in [0.29, 0.717) is 5.70 Å². The predicted octanol–water partition coefficient (Wildman–Crippen LogP) is -0.194. The molecule has 0 spiro atoms. The van der Waals surface area contributed by atoms with Crippen LogP contribution in [0.2, 0.25) is 0 Å². The van der Waals surface area contributed by atoms with E-state index >= 15 is 0 Å². The summed E-state index contributed by atoms with van der Waals surface area (Å²) in [6.07, 6.45) is 0. The van der Waals surface area contributed by atoms with Crippen molar-refractivity contribution in [2.75, 3.05) is 0 Å². The van der Waals surface area contributed by atoms with Crippen molar-refractivity contribution in [1.82, 2.24) is 0 Å². The minimum absolute atomic E-state index is 0.0648. The Balaban J connectivity index is 3.26. The molecule has 0 aliphatic rings. The van der Waals surface area contributed by atoms with Crippen LogP contribution in [0.3, 0.4) is 0 Å². The van der Waals surface area contributed by atoms with Crippen LogP contribution in [0.25, 0.3) is 0 Å². The number of hydrogen-bond donors (Lipinski definition) is 2. The summed E-state index contributed by atoms with van der Waals surface area (Å²) in [6.45, 7) is 5.20. The first kappa shape index (κ1) is 5.50. The van der Waals surface area contributed by atoms with Gasteiger partial charge < -0.3 is 11.5 Å². The molecule has 4 N–H and O–H groups in total. The monoisotopic (exact) mass is 86.1 g/mol. The third kappa shape index (κ3) is 1.79. The van der Waals surface area contributed by atoms with Crippen molar-refractivity contribution in [3.8, 4) is 0 Å². The molecule has 0 unspecified atom stereocenters. The molecule has 0 radical (unpaired) electrons. The molecule has 0 aromatic heterocycles. The topological polar surface area (TPSA) is 52.0 Å². The van der Waals surface area contributed by atoms with Gasteiger partial charge in [-0.2, -0.15) is 0 Å². The fourth-order valence-electron chi connectivity index (χ4n) is 0. The second kappa shape index (κ2) is 1.82. The molecule has 0 aliphatic carbocycles. The van der Waals surface area contributed by atoms with Gasteiger partial charge >= 0.3 is 0 Å². The third-order valence-corrected chi connectivity index (χ3v) is 0.585. The molecule has 0 saturated carbocycles. The lowest BCUT2D eigenvalue weighted by atomic mass is 10.3. The molecule has 0 fully saturated rings. The van der Waals surface area contributed by atoms with Crippen molar-refractivity contribution in [3.05, 3.63) is 12.3 Å². The van der Waals surface area contributed by atoms with Gasteiger partial charge in [-0.3, -0.25) is 0 Å². The van der Waals surface area contributed by atoms with Gasteiger partial charge in [0.05, 0.1) is 0 Å². The van der Waals surface area contributed by atoms with Crippen LogP contribution in [0, 0.1) is 0 Å². The molecular weight excluding hydrogens is 76.1 g/mol. The van der Waals surface area contributed by atoms with Gasteiger partial charge in [0.15, 0.2) is 0 Å². The minimum atomic E-state index is -0.0648. The summed E-state index contributed by atoms with van der Waals surface area (Å²) in [5.74, 6) is 0. The van der Waals surface area contributed by atoms with Gasteiger partial charge in [0.1, 0.15) is 0 Å². The minimum Gasteiger partial charge on any atom is -0.401 e. The van der Waals surface area contributed by atoms with Crippen molar-refractivity contribution < 1.29 is 0 Å². The molecule has 0 heterocycles. The van der Waals surface area contributed by atoms with Crippen molar-refractivity contribution in [3.63, 3.8) is 0 Å². The molecular formula is C4H10N2. The Morgan fingerprint density at radius 2 is 2.00 bits per heavy atom. The Bertz CT molecular complexity index is 56.6. The first-order valence-corrected chi connectivity index (χ1v) is 1.84. The average molecular weight is 86.1 g/mol. The molecule has 2 nitrogen and oxygen atoms in total. The van der Waals surface area contributed by atoms with Crippen LogP contribution >= 0.6 is 0 Å². The maximum Gasteiger partial charge on any atom is 0.0407 e. The second-order valence-corrected chi connectivity index (χ2v) is 1.36. The van der Waals surface area contributed by atoms with Crippen molar-refractivity contribution in [1.29, 1.82) is 0 Å². The van der Waals surface area contributed by atoms with Crippen LogP contribution in [0.4, 0.5) is 0 Å². The molecule has 0 aromatic carbocycles. The molecule has 0 amide bonds. The third-order valence-electron chi connectivity index (χ3n) is 0.585. The van der Waals surface area contributed by atoms with E-state index in [2.05, 4.69) is 6.58 Å². The predicted molar refractivity (Wildman–Crippen MR) is 27.0 cm³/mol. The van der Waals surface area contributed by atoms with Crippen LogP contribution in [-0.4, -0.2) is 6.04 Å². The second-order valence-electron chi connectivity index (χ2n) is 1.36. The van der Waals surface area contributed by atoms with E-state index in [1.165, 1.54) is 0 Å². The van der Waals surface area contributed by atoms with E-state index in [-0.39, 0.29) is 6.04 Å². The fraction of sp³-hybridized carbons (Fsp3) is 0.500. The summed E-state index contributed by atoms with van der Waals surface area (Å²) in [5, 5.41) is 0. The zero-order valence-corrected chi connectivity index (χ0v) is 3.94. The summed E-state index contributed by atoms with van der Waals surface area (Å²) in [5.41, 5.74) is 10.9. The Hall–Kier alpha value is -0.500. The van der Waals surface area contributed by atoms with Gasteiger partial charge in [0.25, 0.3) is 0 Å². The highest BCUT2D eigenvalue weighted by Gasteiger charge is 1.88. The lowest BCUT2D eigenvalue weighted by molar-refractivity contribution is 0.852. The Morgan fingerprint density at radius 3 is 2.00 bits per heavy atom. The maximum absolute atomic E-state index is 5.21. The first-order valence-electron chi connectivity index (χ1n) is 1.84. The molecule has 0 aliphatic heterocycles. The van der Waals surface area contributed by atoms with Crippen LogP contribution in [0.5, 0.6) is 0 Å². The van der Waals surface area contributed by atoms with Crippen LogP contribution in [0.1, 0.15) is 6.92 Å². The van der Waals surface area contributed by atoms with E-state index < -0.39 is 0 Å². The Kier molecular flexibility index (Phi) is 1.67. The highest BCUT2D eigenvalue weighted by molar-refractivity contribution is 4.94. The number of rotatable bonds is 1. The zero-order valence-electron chi connectivity index (χ0n) is 3.94. The first-order chi connectivity index (χ1) is 2.64. The van der Waals surface area contributed by atoms with E-state index in [1.54, 1.807) is 6.92 Å². The molecule has 6 heavy (non-hydrogen) atoms. The Labute approximate surface area is 37.8 Å². The van der Waals surface area contributed by atoms with E-state index in [0.717, 1.165) is 0 Å². The standard InChI is InChI=1S/C4H10N2/c1-3(5)4(2)6/h4H,1,5-6H2,2H3/t4-/m1/s1. The number of nitrogens with two attached hydrogens (primary N) is 2. The van der Waals surface area contributed by atoms with Gasteiger partial charge in [-0.25, -0.2) is 0 Å². The molecule has 0 aromatic rings. The van der Waals surface area contributed by atoms with Gasteiger partial charge in [0.2, 0.25) is 0 Å². The molecule has 1 atom stereocenters. The quantitative estimate of drug-likeness (QED) is 0.464. The SMILES string of the molecule is C=C(N)[C@@H](C)N. The molecule has 0 saturated heterocycles. The number of hydrogen-bond acceptors (Lipinski definition) is 2. The Morgan fingerprint density at radius 1 is 1.83 bits per heavy atom. The maximum atomic E-state index is 5.21. The van der Waals surface area contributed by atoms with Crippen LogP contribution in [-0.2, 0) is 0 Å². The summed E-state index contributed by atoms with van der Waals surface area (Å²) >= 11 is 0. The van der Waals surface area contributed by atoms with Crippen LogP contribution in [0.15, 0.2) is 12.3 Å². The molecule has 2 heteroatoms. The van der Waals surface area contributed by atoms with E-state index in [4.69, 9.17) is 11.5 Å². The summed E-state index contributed by atoms with van der Waals surface area (Å²) in [6, 6.07) is -0.0648. The smallest absolute Gasteiger partial charge is 0.0407 e. The van der Waals surface area contributed by atoms with Crippen molar-refractivity contribution in [2.24, 2.45) is 11.5 Å². The molecule has 0 bridgehead atoms. The highest BCUT2D eigenvalue weighted by atomic mass is 14.7. The van der Waals surface area contributed by atoms with Gasteiger partial charge in [-0.15, -0.1) is 0 Å². The highest BCUT2D eigenvalue weighted by Crippen LogP contribution is 1.79. The normalized spacial score (nSPS) is 13.7. The largest absolute Gasteiger partial charge is 0.401 e. The van der Waals surface area contributed by atoms with Crippen molar-refractivity contribution in [2.45, 2.75) is 13.0 Å². The van der Waals surface area contributed by atoms with E-state index in [9.17, 15) is 0 Å². The van der Waals surface area contributed by atoms with Crippen LogP contribution < -0.4 is 11.5 Å².